The van der Waals surface area contributed by atoms with Crippen LogP contribution >= 0.6 is 0 Å². The van der Waals surface area contributed by atoms with Crippen LogP contribution in [-0.4, -0.2) is 76.6 Å². The van der Waals surface area contributed by atoms with E-state index >= 15 is 0 Å². The number of methoxy groups -OCH3 is 1. The van der Waals surface area contributed by atoms with Gasteiger partial charge in [-0.1, -0.05) is 17.4 Å². The molecule has 2 aromatic carbocycles. The van der Waals surface area contributed by atoms with Crippen molar-refractivity contribution in [1.82, 2.24) is 15.6 Å². The van der Waals surface area contributed by atoms with Gasteiger partial charge in [-0.25, -0.2) is 5.84 Å². The monoisotopic (exact) mass is 475 g/mol. The van der Waals surface area contributed by atoms with Gasteiger partial charge >= 0.3 is 0 Å². The van der Waals surface area contributed by atoms with Gasteiger partial charge in [-0.2, -0.15) is 0 Å². The number of hydrogen-bond acceptors (Lipinski definition) is 9. The molecule has 2 rings (SSSR count). The van der Waals surface area contributed by atoms with Crippen LogP contribution in [0.3, 0.4) is 0 Å². The van der Waals surface area contributed by atoms with Gasteiger partial charge in [0.15, 0.2) is 0 Å². The van der Waals surface area contributed by atoms with Gasteiger partial charge in [-0.15, -0.1) is 0 Å². The molecule has 0 atom stereocenters. The fourth-order valence-electron chi connectivity index (χ4n) is 3.14. The minimum absolute atomic E-state index is 0.183. The molecule has 0 unspecified atom stereocenters. The number of nitrogen functional groups attached to an aromatic ring is 1. The van der Waals surface area contributed by atoms with Gasteiger partial charge in [-0.05, 0) is 42.9 Å². The molecule has 0 aromatic heterocycles. The standard InChI is InChI=1S/C23H33N5O6/c1-27(10-11-28(32-3)33-4)16-17-6-5-7-18(14-17)22(29)25-21-9-8-19(34-13-12-31-2)15-20(21)23(30)26-24/h5-9,14-15H,10-13,16,24H2,1-4H3,(H,25,29)(H,26,30). The summed E-state index contributed by atoms with van der Waals surface area (Å²) < 4.78 is 10.5. The number of benzene rings is 2. The number of hydrogen-bond donors (Lipinski definition) is 3. The van der Waals surface area contributed by atoms with E-state index in [2.05, 4.69) is 15.6 Å². The van der Waals surface area contributed by atoms with Crippen LogP contribution in [0.1, 0.15) is 26.3 Å². The predicted molar refractivity (Wildman–Crippen MR) is 127 cm³/mol. The quantitative estimate of drug-likeness (QED) is 0.161. The number of carbonyl (C=O) groups excluding carboxylic acids is 2. The summed E-state index contributed by atoms with van der Waals surface area (Å²) in [6.45, 7) is 2.59. The summed E-state index contributed by atoms with van der Waals surface area (Å²) in [5, 5.41) is 4.16. The summed E-state index contributed by atoms with van der Waals surface area (Å²) in [6.07, 6.45) is 0. The lowest BCUT2D eigenvalue weighted by molar-refractivity contribution is -0.342. The van der Waals surface area contributed by atoms with Crippen molar-refractivity contribution in [3.8, 4) is 5.75 Å². The van der Waals surface area contributed by atoms with Crippen molar-refractivity contribution in [1.29, 1.82) is 0 Å². The summed E-state index contributed by atoms with van der Waals surface area (Å²) in [5.74, 6) is 4.87. The lowest BCUT2D eigenvalue weighted by Crippen LogP contribution is -2.31. The van der Waals surface area contributed by atoms with Crippen LogP contribution in [0.5, 0.6) is 5.75 Å². The Morgan fingerprint density at radius 2 is 1.74 bits per heavy atom. The first-order valence-electron chi connectivity index (χ1n) is 10.6. The van der Waals surface area contributed by atoms with Gasteiger partial charge in [0.05, 0.1) is 38.6 Å². The van der Waals surface area contributed by atoms with Gasteiger partial charge in [0.25, 0.3) is 11.8 Å². The van der Waals surface area contributed by atoms with E-state index in [1.807, 2.05) is 19.2 Å². The number of carbonyl (C=O) groups is 2. The Morgan fingerprint density at radius 1 is 0.971 bits per heavy atom. The van der Waals surface area contributed by atoms with Crippen molar-refractivity contribution in [2.75, 3.05) is 60.0 Å². The van der Waals surface area contributed by atoms with Gasteiger partial charge < -0.3 is 19.7 Å². The van der Waals surface area contributed by atoms with E-state index in [-0.39, 0.29) is 11.5 Å². The third kappa shape index (κ3) is 8.37. The summed E-state index contributed by atoms with van der Waals surface area (Å²) in [4.78, 5) is 37.4. The molecule has 0 spiro atoms. The molecule has 0 saturated heterocycles. The molecule has 2 amide bonds. The number of hydroxylamine groups is 2. The largest absolute Gasteiger partial charge is 0.491 e. The van der Waals surface area contributed by atoms with Crippen LogP contribution in [-0.2, 0) is 21.0 Å². The molecule has 34 heavy (non-hydrogen) atoms. The average Bonchev–Trinajstić information content (AvgIpc) is 2.85. The van der Waals surface area contributed by atoms with Crippen LogP contribution in [0.25, 0.3) is 0 Å². The minimum atomic E-state index is -0.552. The third-order valence-corrected chi connectivity index (χ3v) is 4.88. The second kappa shape index (κ2) is 14.3. The topological polar surface area (TPSA) is 128 Å². The first-order chi connectivity index (χ1) is 16.4. The lowest BCUT2D eigenvalue weighted by Gasteiger charge is -2.21. The fourth-order valence-corrected chi connectivity index (χ4v) is 3.14. The van der Waals surface area contributed by atoms with E-state index in [1.165, 1.54) is 25.5 Å². The first kappa shape index (κ1) is 27.2. The second-order valence-electron chi connectivity index (χ2n) is 7.34. The van der Waals surface area contributed by atoms with E-state index in [0.717, 1.165) is 5.56 Å². The predicted octanol–water partition coefficient (Wildman–Crippen LogP) is 1.42. The Labute approximate surface area is 199 Å². The van der Waals surface area contributed by atoms with Crippen LogP contribution in [0.4, 0.5) is 5.69 Å². The highest BCUT2D eigenvalue weighted by Gasteiger charge is 2.16. The number of ether oxygens (including phenoxy) is 2. The molecule has 186 valence electrons. The highest BCUT2D eigenvalue weighted by Crippen LogP contribution is 2.23. The Morgan fingerprint density at radius 3 is 2.41 bits per heavy atom. The second-order valence-corrected chi connectivity index (χ2v) is 7.34. The zero-order chi connectivity index (χ0) is 24.9. The Balaban J connectivity index is 2.09. The van der Waals surface area contributed by atoms with Crippen LogP contribution in [0.15, 0.2) is 42.5 Å². The van der Waals surface area contributed by atoms with Crippen LogP contribution < -0.4 is 21.3 Å². The Kier molecular flexibility index (Phi) is 11.4. The third-order valence-electron chi connectivity index (χ3n) is 4.88. The molecule has 0 saturated carbocycles. The summed E-state index contributed by atoms with van der Waals surface area (Å²) >= 11 is 0. The van der Waals surface area contributed by atoms with Gasteiger partial charge in [0.1, 0.15) is 12.4 Å². The average molecular weight is 476 g/mol. The zero-order valence-corrected chi connectivity index (χ0v) is 20.0. The normalized spacial score (nSPS) is 11.0. The number of nitrogens with one attached hydrogen (secondary N) is 2. The number of nitrogens with zero attached hydrogens (tertiary/aromatic N) is 2. The van der Waals surface area contributed by atoms with Crippen molar-refractivity contribution in [2.24, 2.45) is 5.84 Å². The van der Waals surface area contributed by atoms with Crippen molar-refractivity contribution < 1.29 is 28.7 Å². The maximum absolute atomic E-state index is 12.9. The van der Waals surface area contributed by atoms with E-state index in [1.54, 1.807) is 31.4 Å². The van der Waals surface area contributed by atoms with Gasteiger partial charge in [-0.3, -0.25) is 24.7 Å². The van der Waals surface area contributed by atoms with E-state index < -0.39 is 5.91 Å². The van der Waals surface area contributed by atoms with Gasteiger partial charge in [0, 0.05) is 25.8 Å². The molecule has 11 nitrogen and oxygen atoms in total. The molecule has 0 fully saturated rings. The van der Waals surface area contributed by atoms with Crippen LogP contribution in [0, 0.1) is 0 Å². The maximum Gasteiger partial charge on any atom is 0.267 e. The summed E-state index contributed by atoms with van der Waals surface area (Å²) in [5.41, 5.74) is 4.00. The van der Waals surface area contributed by atoms with Crippen molar-refractivity contribution >= 4 is 17.5 Å². The van der Waals surface area contributed by atoms with Crippen molar-refractivity contribution in [3.05, 3.63) is 59.2 Å². The number of rotatable bonds is 14. The van der Waals surface area contributed by atoms with Gasteiger partial charge in [0.2, 0.25) is 0 Å². The SMILES string of the molecule is COCCOc1ccc(NC(=O)c2cccc(CN(C)CCN(OC)OC)c2)c(C(=O)NN)c1. The summed E-state index contributed by atoms with van der Waals surface area (Å²) in [6, 6.07) is 12.0. The van der Waals surface area contributed by atoms with Crippen molar-refractivity contribution in [3.63, 3.8) is 0 Å². The molecule has 0 radical (unpaired) electrons. The molecule has 11 heteroatoms. The molecule has 0 bridgehead atoms. The fraction of sp³-hybridized carbons (Fsp3) is 0.391. The number of nitrogens with two attached hydrogens (primary N) is 1. The number of hydrazine groups is 1. The number of anilines is 1. The van der Waals surface area contributed by atoms with Crippen LogP contribution in [0.2, 0.25) is 0 Å². The molecule has 0 aliphatic heterocycles. The Bertz CT molecular complexity index is 938. The van der Waals surface area contributed by atoms with E-state index in [0.29, 0.717) is 49.8 Å². The van der Waals surface area contributed by atoms with E-state index in [9.17, 15) is 9.59 Å². The molecule has 2 aromatic rings. The summed E-state index contributed by atoms with van der Waals surface area (Å²) in [7, 11) is 6.61. The van der Waals surface area contributed by atoms with Crippen molar-refractivity contribution in [2.45, 2.75) is 6.54 Å². The minimum Gasteiger partial charge on any atom is -0.491 e. The first-order valence-corrected chi connectivity index (χ1v) is 10.6. The lowest BCUT2D eigenvalue weighted by atomic mass is 10.1. The molecule has 0 aliphatic rings. The molecule has 0 heterocycles. The highest BCUT2D eigenvalue weighted by atomic mass is 16.9. The molecular weight excluding hydrogens is 442 g/mol. The smallest absolute Gasteiger partial charge is 0.267 e. The maximum atomic E-state index is 12.9. The molecular formula is C23H33N5O6. The Hall–Kier alpha value is -3.06. The van der Waals surface area contributed by atoms with E-state index in [4.69, 9.17) is 25.0 Å². The highest BCUT2D eigenvalue weighted by molar-refractivity contribution is 6.09. The number of likely N-dealkylation sites (N-methyl/N-ethyl adjacent to an activating group) is 1. The number of amides is 2. The molecule has 4 N–H and O–H groups in total. The molecule has 0 aliphatic carbocycles. The zero-order valence-electron chi connectivity index (χ0n) is 20.0.